The number of hydrogen-bond acceptors (Lipinski definition) is 5. The molecule has 1 heterocycles. The second-order valence-electron chi connectivity index (χ2n) is 5.50. The molecule has 0 saturated carbocycles. The molecule has 2 aromatic rings. The van der Waals surface area contributed by atoms with Gasteiger partial charge in [0, 0.05) is 12.8 Å². The summed E-state index contributed by atoms with van der Waals surface area (Å²) in [6.45, 7) is 5.01. The third-order valence-corrected chi connectivity index (χ3v) is 4.81. The number of nitrogens with zero attached hydrogens (tertiary/aromatic N) is 2. The fourth-order valence-corrected chi connectivity index (χ4v) is 3.29. The molecule has 1 aromatic heterocycles. The molecule has 0 aliphatic rings. The molecule has 0 fully saturated rings. The predicted octanol–water partition coefficient (Wildman–Crippen LogP) is 4.73. The van der Waals surface area contributed by atoms with Crippen molar-refractivity contribution >= 4 is 28.9 Å². The zero-order valence-electron chi connectivity index (χ0n) is 15.1. The smallest absolute Gasteiger partial charge is 0.408 e. The number of alkyl halides is 3. The summed E-state index contributed by atoms with van der Waals surface area (Å²) in [4.78, 5) is 28.8. The number of ether oxygens (including phenoxy) is 1. The van der Waals surface area contributed by atoms with Gasteiger partial charge in [0.25, 0.3) is 0 Å². The van der Waals surface area contributed by atoms with Crippen molar-refractivity contribution in [2.75, 3.05) is 0 Å². The molecule has 0 amide bonds. The molecule has 0 radical (unpaired) electrons. The molecular formula is C18H19F3N2O3S. The Bertz CT molecular complexity index is 913. The zero-order chi connectivity index (χ0) is 20.2. The van der Waals surface area contributed by atoms with E-state index in [4.69, 9.17) is 4.74 Å². The van der Waals surface area contributed by atoms with Crippen molar-refractivity contribution in [3.05, 3.63) is 39.5 Å². The average molecular weight is 400 g/mol. The van der Waals surface area contributed by atoms with Gasteiger partial charge in [-0.3, -0.25) is 9.59 Å². The highest BCUT2D eigenvalue weighted by Crippen LogP contribution is 2.36. The molecule has 27 heavy (non-hydrogen) atoms. The minimum Gasteiger partial charge on any atom is -0.408 e. The van der Waals surface area contributed by atoms with E-state index in [1.54, 1.807) is 20.8 Å². The molecule has 2 rings (SSSR count). The fraction of sp³-hybridized carbons (Fsp3) is 0.389. The monoisotopic (exact) mass is 400 g/mol. The first kappa shape index (κ1) is 20.9. The minimum absolute atomic E-state index is 0.0319. The number of carbonyl (C=O) groups is 2. The molecule has 0 aliphatic carbocycles. The number of benzene rings is 1. The van der Waals surface area contributed by atoms with Crippen molar-refractivity contribution in [1.82, 2.24) is 4.57 Å². The standard InChI is InChI=1S/C18H19F3N2O3S/c1-4-13-16(26-15(25)6-3)23(14(24)5-2)17(27-13)22-12-10-8-7-9-11(12)18(19,20)21/h7-10H,4-6H2,1-3H3. The second kappa shape index (κ2) is 8.51. The third kappa shape index (κ3) is 4.65. The lowest BCUT2D eigenvalue weighted by Gasteiger charge is -2.10. The molecule has 0 saturated heterocycles. The highest BCUT2D eigenvalue weighted by Gasteiger charge is 2.33. The van der Waals surface area contributed by atoms with Crippen LogP contribution in [0.1, 0.15) is 48.8 Å². The van der Waals surface area contributed by atoms with Crippen LogP contribution < -0.4 is 9.54 Å². The summed E-state index contributed by atoms with van der Waals surface area (Å²) in [5, 5.41) is 0. The SMILES string of the molecule is CCC(=O)Oc1c(CC)sc(=Nc2ccccc2C(F)(F)F)n1C(=O)CC. The van der Waals surface area contributed by atoms with Crippen LogP contribution in [0.15, 0.2) is 29.3 Å². The van der Waals surface area contributed by atoms with Gasteiger partial charge in [0.1, 0.15) is 0 Å². The zero-order valence-corrected chi connectivity index (χ0v) is 15.9. The Labute approximate surface area is 158 Å². The lowest BCUT2D eigenvalue weighted by molar-refractivity contribution is -0.137. The fourth-order valence-electron chi connectivity index (χ4n) is 2.28. The minimum atomic E-state index is -4.58. The van der Waals surface area contributed by atoms with E-state index in [9.17, 15) is 22.8 Å². The van der Waals surface area contributed by atoms with Crippen LogP contribution in [0.4, 0.5) is 18.9 Å². The van der Waals surface area contributed by atoms with Crippen LogP contribution in [0, 0.1) is 0 Å². The third-order valence-electron chi connectivity index (χ3n) is 3.65. The van der Waals surface area contributed by atoms with Crippen molar-refractivity contribution in [1.29, 1.82) is 0 Å². The number of hydrogen-bond donors (Lipinski definition) is 0. The number of rotatable bonds is 5. The molecule has 0 unspecified atom stereocenters. The molecule has 0 bridgehead atoms. The Morgan fingerprint density at radius 3 is 2.37 bits per heavy atom. The van der Waals surface area contributed by atoms with E-state index in [1.807, 2.05) is 0 Å². The molecule has 0 N–H and O–H groups in total. The van der Waals surface area contributed by atoms with Crippen molar-refractivity contribution in [2.45, 2.75) is 46.2 Å². The highest BCUT2D eigenvalue weighted by atomic mass is 32.1. The quantitative estimate of drug-likeness (QED) is 0.682. The Kier molecular flexibility index (Phi) is 6.59. The summed E-state index contributed by atoms with van der Waals surface area (Å²) in [7, 11) is 0. The van der Waals surface area contributed by atoms with E-state index in [2.05, 4.69) is 4.99 Å². The van der Waals surface area contributed by atoms with Crippen molar-refractivity contribution < 1.29 is 27.5 Å². The van der Waals surface area contributed by atoms with Gasteiger partial charge in [-0.1, -0.05) is 44.2 Å². The largest absolute Gasteiger partial charge is 0.418 e. The molecule has 0 aliphatic heterocycles. The van der Waals surface area contributed by atoms with Crippen LogP contribution in [0.25, 0.3) is 0 Å². The Balaban J connectivity index is 2.76. The maximum absolute atomic E-state index is 13.2. The number of halogens is 3. The highest BCUT2D eigenvalue weighted by molar-refractivity contribution is 7.09. The predicted molar refractivity (Wildman–Crippen MR) is 95.2 cm³/mol. The number of carbonyl (C=O) groups excluding carboxylic acids is 2. The van der Waals surface area contributed by atoms with E-state index in [1.165, 1.54) is 18.2 Å². The van der Waals surface area contributed by atoms with E-state index in [0.29, 0.717) is 11.3 Å². The molecular weight excluding hydrogens is 381 g/mol. The van der Waals surface area contributed by atoms with Gasteiger partial charge < -0.3 is 4.74 Å². The normalized spacial score (nSPS) is 12.3. The van der Waals surface area contributed by atoms with Gasteiger partial charge in [-0.2, -0.15) is 13.2 Å². The van der Waals surface area contributed by atoms with E-state index < -0.39 is 23.6 Å². The van der Waals surface area contributed by atoms with Gasteiger partial charge in [0.2, 0.25) is 11.8 Å². The van der Waals surface area contributed by atoms with Gasteiger partial charge in [0.15, 0.2) is 4.80 Å². The number of esters is 1. The van der Waals surface area contributed by atoms with Gasteiger partial charge in [-0.15, -0.1) is 0 Å². The second-order valence-corrected chi connectivity index (χ2v) is 6.57. The van der Waals surface area contributed by atoms with Gasteiger partial charge in [-0.05, 0) is 18.6 Å². The number of aryl methyl sites for hydroxylation is 1. The first-order valence-corrected chi connectivity index (χ1v) is 9.24. The Morgan fingerprint density at radius 2 is 1.81 bits per heavy atom. The van der Waals surface area contributed by atoms with Gasteiger partial charge in [-0.25, -0.2) is 9.56 Å². The van der Waals surface area contributed by atoms with Crippen molar-refractivity contribution in [2.24, 2.45) is 4.99 Å². The van der Waals surface area contributed by atoms with Gasteiger partial charge >= 0.3 is 12.1 Å². The van der Waals surface area contributed by atoms with E-state index in [0.717, 1.165) is 22.0 Å². The molecule has 146 valence electrons. The maximum atomic E-state index is 13.2. The molecule has 0 atom stereocenters. The molecule has 0 spiro atoms. The van der Waals surface area contributed by atoms with Crippen LogP contribution in [-0.2, 0) is 17.4 Å². The number of para-hydroxylation sites is 1. The topological polar surface area (TPSA) is 60.7 Å². The Hall–Kier alpha value is -2.42. The number of aromatic nitrogens is 1. The maximum Gasteiger partial charge on any atom is 0.418 e. The first-order valence-electron chi connectivity index (χ1n) is 8.42. The lowest BCUT2D eigenvalue weighted by Crippen LogP contribution is -2.24. The summed E-state index contributed by atoms with van der Waals surface area (Å²) in [5.74, 6) is -0.931. The lowest BCUT2D eigenvalue weighted by atomic mass is 10.2. The molecule has 9 heteroatoms. The Morgan fingerprint density at radius 1 is 1.15 bits per heavy atom. The summed E-state index contributed by atoms with van der Waals surface area (Å²) in [5.41, 5.74) is -1.21. The van der Waals surface area contributed by atoms with Crippen molar-refractivity contribution in [3.63, 3.8) is 0 Å². The number of thiazole rings is 1. The summed E-state index contributed by atoms with van der Waals surface area (Å²) in [6.07, 6.45) is -3.97. The van der Waals surface area contributed by atoms with E-state index >= 15 is 0 Å². The molecule has 1 aromatic carbocycles. The summed E-state index contributed by atoms with van der Waals surface area (Å²) < 4.78 is 46.1. The van der Waals surface area contributed by atoms with Crippen LogP contribution in [0.5, 0.6) is 5.88 Å². The van der Waals surface area contributed by atoms with Crippen LogP contribution >= 0.6 is 11.3 Å². The van der Waals surface area contributed by atoms with Gasteiger partial charge in [0.05, 0.1) is 16.1 Å². The van der Waals surface area contributed by atoms with E-state index in [-0.39, 0.29) is 29.2 Å². The molecule has 5 nitrogen and oxygen atoms in total. The van der Waals surface area contributed by atoms with Crippen LogP contribution in [-0.4, -0.2) is 16.4 Å². The summed E-state index contributed by atoms with van der Waals surface area (Å²) >= 11 is 1.03. The van der Waals surface area contributed by atoms with Crippen LogP contribution in [0.2, 0.25) is 0 Å². The average Bonchev–Trinajstić information content (AvgIpc) is 2.97. The first-order chi connectivity index (χ1) is 12.7. The van der Waals surface area contributed by atoms with Crippen molar-refractivity contribution in [3.8, 4) is 5.88 Å². The van der Waals surface area contributed by atoms with Crippen LogP contribution in [0.3, 0.4) is 0 Å². The summed E-state index contributed by atoms with van der Waals surface area (Å²) in [6, 6.07) is 4.86.